The molecule has 4 nitrogen and oxygen atoms in total. The molecule has 1 N–H and O–H groups in total. The lowest BCUT2D eigenvalue weighted by Crippen LogP contribution is -2.26. The highest BCUT2D eigenvalue weighted by Crippen LogP contribution is 2.25. The molecule has 0 aliphatic heterocycles. The minimum atomic E-state index is 0.0594. The second kappa shape index (κ2) is 7.82. The molecular formula is C15H19BrClN3O. The van der Waals surface area contributed by atoms with Crippen LogP contribution in [0.5, 0.6) is 5.75 Å². The van der Waals surface area contributed by atoms with Crippen molar-refractivity contribution in [1.82, 2.24) is 15.1 Å². The Hall–Kier alpha value is -1.04. The van der Waals surface area contributed by atoms with Gasteiger partial charge in [-0.25, -0.2) is 0 Å². The van der Waals surface area contributed by atoms with Crippen LogP contribution in [-0.2, 0) is 6.54 Å². The van der Waals surface area contributed by atoms with Crippen molar-refractivity contribution in [3.05, 3.63) is 45.7 Å². The van der Waals surface area contributed by atoms with Gasteiger partial charge in [0.05, 0.1) is 22.4 Å². The topological polar surface area (TPSA) is 39.1 Å². The van der Waals surface area contributed by atoms with Gasteiger partial charge >= 0.3 is 0 Å². The molecule has 0 amide bonds. The van der Waals surface area contributed by atoms with E-state index >= 15 is 0 Å². The lowest BCUT2D eigenvalue weighted by molar-refractivity contribution is 0.265. The van der Waals surface area contributed by atoms with Crippen LogP contribution in [0.15, 0.2) is 34.9 Å². The van der Waals surface area contributed by atoms with E-state index in [1.807, 2.05) is 42.2 Å². The normalized spacial score (nSPS) is 12.4. The second-order valence-corrected chi connectivity index (χ2v) is 6.00. The minimum Gasteiger partial charge on any atom is -0.492 e. The fraction of sp³-hybridized carbons (Fsp3) is 0.400. The molecule has 1 atom stereocenters. The molecule has 0 fully saturated rings. The highest BCUT2D eigenvalue weighted by Gasteiger charge is 2.19. The summed E-state index contributed by atoms with van der Waals surface area (Å²) < 4.78 is 8.85. The van der Waals surface area contributed by atoms with Crippen LogP contribution in [0, 0.1) is 0 Å². The average Bonchev–Trinajstić information content (AvgIpc) is 2.84. The summed E-state index contributed by atoms with van der Waals surface area (Å²) in [6.07, 6.45) is 2.87. The number of aryl methyl sites for hydroxylation is 1. The number of benzene rings is 1. The summed E-state index contributed by atoms with van der Waals surface area (Å²) in [4.78, 5) is 0. The number of hydrogen-bond acceptors (Lipinski definition) is 3. The van der Waals surface area contributed by atoms with E-state index in [-0.39, 0.29) is 6.04 Å². The third kappa shape index (κ3) is 4.22. The quantitative estimate of drug-likeness (QED) is 0.797. The van der Waals surface area contributed by atoms with Crippen LogP contribution in [0.4, 0.5) is 0 Å². The van der Waals surface area contributed by atoms with Crippen molar-refractivity contribution < 1.29 is 4.74 Å². The van der Waals surface area contributed by atoms with Crippen LogP contribution in [0.3, 0.4) is 0 Å². The molecule has 21 heavy (non-hydrogen) atoms. The molecule has 0 aliphatic carbocycles. The van der Waals surface area contributed by atoms with Crippen molar-refractivity contribution >= 4 is 27.5 Å². The average molecular weight is 373 g/mol. The Morgan fingerprint density at radius 2 is 2.10 bits per heavy atom. The first-order valence-electron chi connectivity index (χ1n) is 6.92. The number of ether oxygens (including phenoxy) is 1. The van der Waals surface area contributed by atoms with Gasteiger partial charge in [0.2, 0.25) is 0 Å². The Labute approximate surface area is 138 Å². The molecule has 1 aromatic carbocycles. The van der Waals surface area contributed by atoms with Crippen molar-refractivity contribution in [3.8, 4) is 5.75 Å². The number of rotatable bonds is 7. The van der Waals surface area contributed by atoms with E-state index in [2.05, 4.69) is 33.3 Å². The van der Waals surface area contributed by atoms with Crippen LogP contribution in [-0.4, -0.2) is 23.4 Å². The molecule has 0 aliphatic rings. The smallest absolute Gasteiger partial charge is 0.119 e. The summed E-state index contributed by atoms with van der Waals surface area (Å²) in [5, 5.41) is 8.39. The molecule has 0 bridgehead atoms. The van der Waals surface area contributed by atoms with Crippen molar-refractivity contribution in [3.63, 3.8) is 0 Å². The third-order valence-corrected chi connectivity index (χ3v) is 4.04. The Morgan fingerprint density at radius 1 is 1.38 bits per heavy atom. The Bertz CT molecular complexity index is 571. The minimum absolute atomic E-state index is 0.0594. The van der Waals surface area contributed by atoms with E-state index < -0.39 is 0 Å². The highest BCUT2D eigenvalue weighted by molar-refractivity contribution is 9.10. The number of hydrogen-bond donors (Lipinski definition) is 1. The lowest BCUT2D eigenvalue weighted by Gasteiger charge is -2.19. The largest absolute Gasteiger partial charge is 0.492 e. The molecule has 1 heterocycles. The molecule has 0 saturated carbocycles. The zero-order chi connectivity index (χ0) is 15.2. The maximum atomic E-state index is 5.87. The monoisotopic (exact) mass is 371 g/mol. The summed E-state index contributed by atoms with van der Waals surface area (Å²) in [5.41, 5.74) is 1.10. The van der Waals surface area contributed by atoms with Gasteiger partial charge in [0, 0.05) is 11.6 Å². The van der Waals surface area contributed by atoms with E-state index in [0.29, 0.717) is 11.6 Å². The lowest BCUT2D eigenvalue weighted by atomic mass is 10.2. The molecule has 1 unspecified atom stereocenters. The summed E-state index contributed by atoms with van der Waals surface area (Å²) in [5.74, 6) is 0.803. The number of likely N-dealkylation sites (N-methyl/N-ethyl adjacent to an activating group) is 1. The first-order valence-corrected chi connectivity index (χ1v) is 8.09. The number of nitrogens with zero attached hydrogens (tertiary/aromatic N) is 2. The van der Waals surface area contributed by atoms with E-state index in [4.69, 9.17) is 16.3 Å². The standard InChI is InChI=1S/C15H19BrClN3O/c1-3-8-20-15(13(16)9-19-20)14(18-2)10-21-12-6-4-11(17)5-7-12/h4-7,9,14,18H,3,8,10H2,1-2H3. The number of nitrogens with one attached hydrogen (secondary N) is 1. The van der Waals surface area contributed by atoms with Gasteiger partial charge in [-0.15, -0.1) is 0 Å². The van der Waals surface area contributed by atoms with Gasteiger partial charge in [-0.2, -0.15) is 5.10 Å². The SMILES string of the molecule is CCCn1ncc(Br)c1C(COc1ccc(Cl)cc1)NC. The first-order chi connectivity index (χ1) is 10.2. The van der Waals surface area contributed by atoms with Gasteiger partial charge in [-0.1, -0.05) is 18.5 Å². The number of aromatic nitrogens is 2. The van der Waals surface area contributed by atoms with Crippen molar-refractivity contribution in [2.75, 3.05) is 13.7 Å². The van der Waals surface area contributed by atoms with Crippen LogP contribution < -0.4 is 10.1 Å². The molecule has 6 heteroatoms. The van der Waals surface area contributed by atoms with Gasteiger partial charge in [0.1, 0.15) is 12.4 Å². The molecule has 2 aromatic rings. The van der Waals surface area contributed by atoms with Gasteiger partial charge in [-0.3, -0.25) is 4.68 Å². The van der Waals surface area contributed by atoms with Crippen molar-refractivity contribution in [2.24, 2.45) is 0 Å². The molecule has 1 aromatic heterocycles. The van der Waals surface area contributed by atoms with Crippen molar-refractivity contribution in [1.29, 1.82) is 0 Å². The molecule has 0 radical (unpaired) electrons. The predicted molar refractivity (Wildman–Crippen MR) is 89.0 cm³/mol. The molecule has 114 valence electrons. The summed E-state index contributed by atoms with van der Waals surface area (Å²) in [7, 11) is 1.92. The Morgan fingerprint density at radius 3 is 2.71 bits per heavy atom. The Balaban J connectivity index is 2.09. The zero-order valence-electron chi connectivity index (χ0n) is 12.1. The predicted octanol–water partition coefficient (Wildman–Crippen LogP) is 4.05. The molecule has 2 rings (SSSR count). The number of halogens is 2. The van der Waals surface area contributed by atoms with E-state index in [9.17, 15) is 0 Å². The maximum Gasteiger partial charge on any atom is 0.119 e. The van der Waals surface area contributed by atoms with Gasteiger partial charge in [-0.05, 0) is 53.7 Å². The van der Waals surface area contributed by atoms with Gasteiger partial charge < -0.3 is 10.1 Å². The van der Waals surface area contributed by atoms with Crippen LogP contribution >= 0.6 is 27.5 Å². The van der Waals surface area contributed by atoms with E-state index in [0.717, 1.165) is 28.9 Å². The highest BCUT2D eigenvalue weighted by atomic mass is 79.9. The Kier molecular flexibility index (Phi) is 6.08. The van der Waals surface area contributed by atoms with Crippen molar-refractivity contribution in [2.45, 2.75) is 25.9 Å². The first kappa shape index (κ1) is 16.3. The van der Waals surface area contributed by atoms with E-state index in [1.54, 1.807) is 0 Å². The van der Waals surface area contributed by atoms with Crippen LogP contribution in [0.25, 0.3) is 0 Å². The molecule has 0 saturated heterocycles. The third-order valence-electron chi connectivity index (χ3n) is 3.18. The summed E-state index contributed by atoms with van der Waals surface area (Å²) >= 11 is 9.44. The van der Waals surface area contributed by atoms with Crippen LogP contribution in [0.2, 0.25) is 5.02 Å². The summed E-state index contributed by atoms with van der Waals surface area (Å²) in [6, 6.07) is 7.44. The van der Waals surface area contributed by atoms with Gasteiger partial charge in [0.15, 0.2) is 0 Å². The van der Waals surface area contributed by atoms with E-state index in [1.165, 1.54) is 0 Å². The van der Waals surface area contributed by atoms with Crippen LogP contribution in [0.1, 0.15) is 25.1 Å². The fourth-order valence-electron chi connectivity index (χ4n) is 2.12. The molecule has 0 spiro atoms. The maximum absolute atomic E-state index is 5.87. The second-order valence-electron chi connectivity index (χ2n) is 4.71. The molecular weight excluding hydrogens is 354 g/mol. The summed E-state index contributed by atoms with van der Waals surface area (Å²) in [6.45, 7) is 3.55. The fourth-order valence-corrected chi connectivity index (χ4v) is 2.82. The van der Waals surface area contributed by atoms with Gasteiger partial charge in [0.25, 0.3) is 0 Å². The zero-order valence-corrected chi connectivity index (χ0v) is 14.5.